The molecule has 0 bridgehead atoms. The van der Waals surface area contributed by atoms with Gasteiger partial charge in [0.2, 0.25) is 0 Å². The molecule has 1 fully saturated rings. The Morgan fingerprint density at radius 3 is 2.70 bits per heavy atom. The molecule has 3 aromatic heterocycles. The van der Waals surface area contributed by atoms with Crippen molar-refractivity contribution in [3.05, 3.63) is 70.7 Å². The Labute approximate surface area is 164 Å². The van der Waals surface area contributed by atoms with Gasteiger partial charge in [-0.2, -0.15) is 5.10 Å². The van der Waals surface area contributed by atoms with Crippen LogP contribution in [0.1, 0.15) is 34.9 Å². The number of carbonyl (C=O) groups excluding carboxylic acids is 1. The molecule has 1 saturated carbocycles. The van der Waals surface area contributed by atoms with Crippen molar-refractivity contribution in [2.24, 2.45) is 0 Å². The molecule has 1 aliphatic carbocycles. The van der Waals surface area contributed by atoms with E-state index in [9.17, 15) is 4.79 Å². The molecule has 134 valence electrons. The fraction of sp³-hybridized carbons (Fsp3) is 0.150. The lowest BCUT2D eigenvalue weighted by atomic mass is 10.2. The molecule has 0 spiro atoms. The molecule has 5 rings (SSSR count). The molecule has 1 amide bonds. The summed E-state index contributed by atoms with van der Waals surface area (Å²) in [6, 6.07) is 15.7. The SMILES string of the molecule is O=C(Nc1nc(-c2cccs2)cs1)c1cc(C2CC2)nn1-c1ccccc1. The summed E-state index contributed by atoms with van der Waals surface area (Å²) in [5.74, 6) is 0.289. The van der Waals surface area contributed by atoms with Gasteiger partial charge in [0, 0.05) is 11.3 Å². The second kappa shape index (κ2) is 6.75. The van der Waals surface area contributed by atoms with Gasteiger partial charge in [0.05, 0.1) is 22.0 Å². The van der Waals surface area contributed by atoms with Crippen LogP contribution in [0.2, 0.25) is 0 Å². The second-order valence-corrected chi connectivity index (χ2v) is 8.25. The maximum atomic E-state index is 13.0. The van der Waals surface area contributed by atoms with E-state index < -0.39 is 0 Å². The molecule has 0 saturated heterocycles. The maximum absolute atomic E-state index is 13.0. The van der Waals surface area contributed by atoms with E-state index in [0.29, 0.717) is 16.7 Å². The molecule has 4 aromatic rings. The van der Waals surface area contributed by atoms with Crippen LogP contribution in [0.3, 0.4) is 0 Å². The van der Waals surface area contributed by atoms with Crippen molar-refractivity contribution in [3.8, 4) is 16.3 Å². The molecule has 3 heterocycles. The Hall–Kier alpha value is -2.77. The van der Waals surface area contributed by atoms with E-state index in [-0.39, 0.29) is 5.91 Å². The molecule has 27 heavy (non-hydrogen) atoms. The van der Waals surface area contributed by atoms with Crippen molar-refractivity contribution in [1.29, 1.82) is 0 Å². The van der Waals surface area contributed by atoms with Crippen LogP contribution in [0, 0.1) is 0 Å². The van der Waals surface area contributed by atoms with Crippen molar-refractivity contribution in [2.75, 3.05) is 5.32 Å². The fourth-order valence-electron chi connectivity index (χ4n) is 2.94. The van der Waals surface area contributed by atoms with E-state index in [0.717, 1.165) is 34.8 Å². The number of aromatic nitrogens is 3. The summed E-state index contributed by atoms with van der Waals surface area (Å²) >= 11 is 3.07. The van der Waals surface area contributed by atoms with Crippen molar-refractivity contribution < 1.29 is 4.79 Å². The van der Waals surface area contributed by atoms with Crippen molar-refractivity contribution in [1.82, 2.24) is 14.8 Å². The summed E-state index contributed by atoms with van der Waals surface area (Å²) in [6.45, 7) is 0. The molecule has 5 nitrogen and oxygen atoms in total. The predicted molar refractivity (Wildman–Crippen MR) is 109 cm³/mol. The van der Waals surface area contributed by atoms with Crippen molar-refractivity contribution in [3.63, 3.8) is 0 Å². The number of hydrogen-bond donors (Lipinski definition) is 1. The van der Waals surface area contributed by atoms with Gasteiger partial charge in [-0.15, -0.1) is 22.7 Å². The number of thiophene rings is 1. The number of benzene rings is 1. The summed E-state index contributed by atoms with van der Waals surface area (Å²) in [6.07, 6.45) is 2.28. The molecular weight excluding hydrogens is 376 g/mol. The molecule has 1 aromatic carbocycles. The zero-order valence-corrected chi connectivity index (χ0v) is 16.0. The molecule has 0 radical (unpaired) electrons. The normalized spacial score (nSPS) is 13.6. The van der Waals surface area contributed by atoms with Gasteiger partial charge < -0.3 is 0 Å². The first-order chi connectivity index (χ1) is 13.3. The van der Waals surface area contributed by atoms with Gasteiger partial charge in [0.25, 0.3) is 5.91 Å². The van der Waals surface area contributed by atoms with Crippen LogP contribution in [-0.4, -0.2) is 20.7 Å². The molecule has 0 unspecified atom stereocenters. The number of rotatable bonds is 5. The zero-order valence-electron chi connectivity index (χ0n) is 14.3. The molecule has 1 N–H and O–H groups in total. The van der Waals surface area contributed by atoms with Crippen LogP contribution in [0.5, 0.6) is 0 Å². The van der Waals surface area contributed by atoms with Crippen molar-refractivity contribution in [2.45, 2.75) is 18.8 Å². The topological polar surface area (TPSA) is 59.8 Å². The highest BCUT2D eigenvalue weighted by molar-refractivity contribution is 7.16. The molecular formula is C20H16N4OS2. The molecule has 1 aliphatic rings. The summed E-state index contributed by atoms with van der Waals surface area (Å²) < 4.78 is 1.73. The van der Waals surface area contributed by atoms with Gasteiger partial charge in [-0.1, -0.05) is 24.3 Å². The Morgan fingerprint density at radius 2 is 1.96 bits per heavy atom. The first-order valence-electron chi connectivity index (χ1n) is 8.74. The van der Waals surface area contributed by atoms with Gasteiger partial charge in [0.1, 0.15) is 5.69 Å². The minimum absolute atomic E-state index is 0.190. The Bertz CT molecular complexity index is 1080. The van der Waals surface area contributed by atoms with Gasteiger partial charge >= 0.3 is 0 Å². The summed E-state index contributed by atoms with van der Waals surface area (Å²) in [7, 11) is 0. The van der Waals surface area contributed by atoms with Crippen LogP contribution < -0.4 is 5.32 Å². The standard InChI is InChI=1S/C20H16N4OS2/c25-19(22-20-21-16(12-27-20)18-7-4-10-26-18)17-11-15(13-8-9-13)23-24(17)14-5-2-1-3-6-14/h1-7,10-13H,8-9H2,(H,21,22,25). The lowest BCUT2D eigenvalue weighted by molar-refractivity contribution is 0.101. The Balaban J connectivity index is 1.44. The van der Waals surface area contributed by atoms with Gasteiger partial charge in [-0.05, 0) is 42.5 Å². The van der Waals surface area contributed by atoms with E-state index in [1.165, 1.54) is 11.3 Å². The maximum Gasteiger partial charge on any atom is 0.276 e. The summed E-state index contributed by atoms with van der Waals surface area (Å²) in [4.78, 5) is 18.6. The monoisotopic (exact) mass is 392 g/mol. The minimum Gasteiger partial charge on any atom is -0.296 e. The highest BCUT2D eigenvalue weighted by atomic mass is 32.1. The number of para-hydroxylation sites is 1. The number of nitrogens with zero attached hydrogens (tertiary/aromatic N) is 3. The smallest absolute Gasteiger partial charge is 0.276 e. The second-order valence-electron chi connectivity index (χ2n) is 6.45. The van der Waals surface area contributed by atoms with E-state index in [4.69, 9.17) is 5.10 Å². The van der Waals surface area contributed by atoms with Crippen LogP contribution in [0.25, 0.3) is 16.3 Å². The molecule has 0 aliphatic heterocycles. The first kappa shape index (κ1) is 16.4. The van der Waals surface area contributed by atoms with E-state index >= 15 is 0 Å². The van der Waals surface area contributed by atoms with Crippen LogP contribution in [0.15, 0.2) is 59.3 Å². The number of nitrogens with one attached hydrogen (secondary N) is 1. The molecule has 7 heteroatoms. The minimum atomic E-state index is -0.190. The zero-order chi connectivity index (χ0) is 18.2. The van der Waals surface area contributed by atoms with Gasteiger partial charge in [-0.3, -0.25) is 10.1 Å². The number of hydrogen-bond acceptors (Lipinski definition) is 5. The summed E-state index contributed by atoms with van der Waals surface area (Å²) in [5, 5.41) is 12.2. The first-order valence-corrected chi connectivity index (χ1v) is 10.5. The van der Waals surface area contributed by atoms with Crippen LogP contribution >= 0.6 is 22.7 Å². The average Bonchev–Trinajstić information content (AvgIpc) is 3.11. The molecule has 0 atom stereocenters. The predicted octanol–water partition coefficient (Wildman–Crippen LogP) is 5.19. The third kappa shape index (κ3) is 3.31. The summed E-state index contributed by atoms with van der Waals surface area (Å²) in [5.41, 5.74) is 3.30. The Morgan fingerprint density at radius 1 is 1.11 bits per heavy atom. The average molecular weight is 393 g/mol. The van der Waals surface area contributed by atoms with E-state index in [1.54, 1.807) is 16.0 Å². The lowest BCUT2D eigenvalue weighted by Crippen LogP contribution is -2.16. The van der Waals surface area contributed by atoms with Crippen LogP contribution in [0.4, 0.5) is 5.13 Å². The van der Waals surface area contributed by atoms with E-state index in [2.05, 4.69) is 10.3 Å². The van der Waals surface area contributed by atoms with E-state index in [1.807, 2.05) is 59.3 Å². The third-order valence-corrected chi connectivity index (χ3v) is 6.11. The van der Waals surface area contributed by atoms with Gasteiger partial charge in [0.15, 0.2) is 5.13 Å². The quantitative estimate of drug-likeness (QED) is 0.509. The number of amides is 1. The Kier molecular flexibility index (Phi) is 4.10. The highest BCUT2D eigenvalue weighted by Crippen LogP contribution is 2.40. The van der Waals surface area contributed by atoms with Gasteiger partial charge in [-0.25, -0.2) is 9.67 Å². The van der Waals surface area contributed by atoms with Crippen molar-refractivity contribution >= 4 is 33.7 Å². The highest BCUT2D eigenvalue weighted by Gasteiger charge is 2.29. The third-order valence-electron chi connectivity index (χ3n) is 4.46. The largest absolute Gasteiger partial charge is 0.296 e. The number of carbonyl (C=O) groups is 1. The van der Waals surface area contributed by atoms with Crippen LogP contribution in [-0.2, 0) is 0 Å². The number of anilines is 1. The lowest BCUT2D eigenvalue weighted by Gasteiger charge is -2.06. The fourth-order valence-corrected chi connectivity index (χ4v) is 4.40. The number of thiazole rings is 1.